The maximum Gasteiger partial charge on any atom is 0.313 e. The van der Waals surface area contributed by atoms with E-state index in [1.807, 2.05) is 6.07 Å². The second kappa shape index (κ2) is 8.39. The average Bonchev–Trinajstić information content (AvgIpc) is 3.11. The molecule has 3 aliphatic rings. The molecule has 5 heteroatoms. The first-order chi connectivity index (χ1) is 14.1. The van der Waals surface area contributed by atoms with Crippen molar-refractivity contribution in [3.05, 3.63) is 35.6 Å². The predicted octanol–water partition coefficient (Wildman–Crippen LogP) is 4.45. The molecule has 1 saturated carbocycles. The van der Waals surface area contributed by atoms with Gasteiger partial charge in [0.2, 0.25) is 0 Å². The number of esters is 1. The minimum atomic E-state index is -0.0183. The van der Waals surface area contributed by atoms with E-state index in [1.54, 1.807) is 14.2 Å². The number of fused-ring (bicyclic) bond motifs is 1. The van der Waals surface area contributed by atoms with Gasteiger partial charge in [-0.25, -0.2) is 0 Å². The lowest BCUT2D eigenvalue weighted by molar-refractivity contribution is -0.145. The van der Waals surface area contributed by atoms with Crippen LogP contribution in [0.2, 0.25) is 0 Å². The molecular weight excluding hydrogens is 366 g/mol. The zero-order valence-corrected chi connectivity index (χ0v) is 17.9. The zero-order chi connectivity index (χ0) is 20.4. The number of hydrogen-bond donors (Lipinski definition) is 0. The van der Waals surface area contributed by atoms with Gasteiger partial charge in [0.25, 0.3) is 0 Å². The van der Waals surface area contributed by atoms with Crippen LogP contribution in [0.25, 0.3) is 0 Å². The third kappa shape index (κ3) is 3.77. The Hall–Kier alpha value is -2.01. The Kier molecular flexibility index (Phi) is 5.86. The number of likely N-dealkylation sites (N-methyl/N-ethyl adjacent to an activating group) is 1. The van der Waals surface area contributed by atoms with Crippen molar-refractivity contribution in [2.24, 2.45) is 5.92 Å². The molecule has 1 aliphatic heterocycles. The van der Waals surface area contributed by atoms with Crippen LogP contribution in [0.1, 0.15) is 56.9 Å². The van der Waals surface area contributed by atoms with Crippen LogP contribution in [0.4, 0.5) is 0 Å². The summed E-state index contributed by atoms with van der Waals surface area (Å²) in [6.45, 7) is 1.03. The molecule has 0 aromatic heterocycles. The summed E-state index contributed by atoms with van der Waals surface area (Å²) in [7, 11) is 5.51. The van der Waals surface area contributed by atoms with Gasteiger partial charge in [-0.15, -0.1) is 0 Å². The number of allylic oxidation sites excluding steroid dienone is 1. The standard InChI is InChI=1S/C24H33NO4/c1-25-14-13-24(18-9-10-20(27-2)21(15-18)28-3)12-11-19(16-22(24)25)29-23(26)17-7-5-4-6-8-17/h9-10,15-17,22H,4-8,11-14H2,1-3H3/t22-,24-/m0/s1. The molecule has 0 N–H and O–H groups in total. The van der Waals surface area contributed by atoms with Gasteiger partial charge in [-0.3, -0.25) is 9.69 Å². The third-order valence-corrected chi connectivity index (χ3v) is 7.24. The summed E-state index contributed by atoms with van der Waals surface area (Å²) in [5.74, 6) is 2.45. The Labute approximate surface area is 174 Å². The Morgan fingerprint density at radius 1 is 1.07 bits per heavy atom. The van der Waals surface area contributed by atoms with Crippen molar-refractivity contribution < 1.29 is 19.0 Å². The van der Waals surface area contributed by atoms with Crippen molar-refractivity contribution in [3.63, 3.8) is 0 Å². The van der Waals surface area contributed by atoms with Gasteiger partial charge >= 0.3 is 5.97 Å². The molecule has 0 radical (unpaired) electrons. The van der Waals surface area contributed by atoms with E-state index in [-0.39, 0.29) is 23.3 Å². The lowest BCUT2D eigenvalue weighted by Gasteiger charge is -2.40. The molecule has 1 saturated heterocycles. The van der Waals surface area contributed by atoms with Crippen LogP contribution in [0, 0.1) is 5.92 Å². The van der Waals surface area contributed by atoms with E-state index < -0.39 is 0 Å². The average molecular weight is 400 g/mol. The summed E-state index contributed by atoms with van der Waals surface area (Å²) in [5, 5.41) is 0. The summed E-state index contributed by atoms with van der Waals surface area (Å²) in [4.78, 5) is 15.0. The van der Waals surface area contributed by atoms with Gasteiger partial charge in [-0.1, -0.05) is 25.3 Å². The summed E-state index contributed by atoms with van der Waals surface area (Å²) in [5.41, 5.74) is 1.30. The van der Waals surface area contributed by atoms with Crippen molar-refractivity contribution in [2.45, 2.75) is 62.8 Å². The molecule has 2 aliphatic carbocycles. The molecule has 1 aromatic carbocycles. The number of methoxy groups -OCH3 is 2. The van der Waals surface area contributed by atoms with E-state index in [4.69, 9.17) is 14.2 Å². The molecule has 0 unspecified atom stereocenters. The highest BCUT2D eigenvalue weighted by Crippen LogP contribution is 2.49. The largest absolute Gasteiger partial charge is 0.493 e. The molecule has 0 amide bonds. The fourth-order valence-corrected chi connectivity index (χ4v) is 5.49. The van der Waals surface area contributed by atoms with Gasteiger partial charge in [0.15, 0.2) is 11.5 Å². The Bertz CT molecular complexity index is 783. The highest BCUT2D eigenvalue weighted by atomic mass is 16.5. The predicted molar refractivity (Wildman–Crippen MR) is 112 cm³/mol. The van der Waals surface area contributed by atoms with Gasteiger partial charge in [0, 0.05) is 17.9 Å². The first-order valence-electron chi connectivity index (χ1n) is 10.9. The summed E-state index contributed by atoms with van der Waals surface area (Å²) in [6.07, 6.45) is 10.6. The lowest BCUT2D eigenvalue weighted by Crippen LogP contribution is -2.42. The molecule has 158 valence electrons. The molecule has 5 nitrogen and oxygen atoms in total. The van der Waals surface area contributed by atoms with Crippen LogP contribution in [0.5, 0.6) is 11.5 Å². The molecule has 2 fully saturated rings. The van der Waals surface area contributed by atoms with E-state index in [0.717, 1.165) is 68.7 Å². The zero-order valence-electron chi connectivity index (χ0n) is 17.9. The fraction of sp³-hybridized carbons (Fsp3) is 0.625. The van der Waals surface area contributed by atoms with Gasteiger partial charge in [-0.2, -0.15) is 0 Å². The van der Waals surface area contributed by atoms with Crippen LogP contribution in [0.15, 0.2) is 30.0 Å². The van der Waals surface area contributed by atoms with Crippen LogP contribution < -0.4 is 9.47 Å². The van der Waals surface area contributed by atoms with Crippen molar-refractivity contribution in [2.75, 3.05) is 27.8 Å². The first kappa shape index (κ1) is 20.3. The smallest absolute Gasteiger partial charge is 0.313 e. The quantitative estimate of drug-likeness (QED) is 0.685. The number of likely N-dealkylation sites (tertiary alicyclic amines) is 1. The molecule has 0 spiro atoms. The van der Waals surface area contributed by atoms with Gasteiger partial charge in [0.05, 0.1) is 20.1 Å². The number of hydrogen-bond acceptors (Lipinski definition) is 5. The first-order valence-corrected chi connectivity index (χ1v) is 10.9. The lowest BCUT2D eigenvalue weighted by atomic mass is 9.68. The minimum Gasteiger partial charge on any atom is -0.493 e. The van der Waals surface area contributed by atoms with Crippen LogP contribution in [-0.2, 0) is 14.9 Å². The van der Waals surface area contributed by atoms with Crippen molar-refractivity contribution in [3.8, 4) is 11.5 Å². The van der Waals surface area contributed by atoms with Crippen molar-refractivity contribution >= 4 is 5.97 Å². The van der Waals surface area contributed by atoms with E-state index in [9.17, 15) is 4.79 Å². The Morgan fingerprint density at radius 2 is 1.83 bits per heavy atom. The summed E-state index contributed by atoms with van der Waals surface area (Å²) in [6, 6.07) is 6.52. The molecule has 1 aromatic rings. The van der Waals surface area contributed by atoms with E-state index in [2.05, 4.69) is 30.2 Å². The molecule has 0 bridgehead atoms. The maximum absolute atomic E-state index is 12.6. The highest BCUT2D eigenvalue weighted by Gasteiger charge is 2.48. The van der Waals surface area contributed by atoms with Crippen molar-refractivity contribution in [1.82, 2.24) is 4.90 Å². The fourth-order valence-electron chi connectivity index (χ4n) is 5.49. The van der Waals surface area contributed by atoms with Gasteiger partial charge in [-0.05, 0) is 63.0 Å². The van der Waals surface area contributed by atoms with Crippen LogP contribution in [0.3, 0.4) is 0 Å². The number of carbonyl (C=O) groups excluding carboxylic acids is 1. The van der Waals surface area contributed by atoms with E-state index >= 15 is 0 Å². The number of rotatable bonds is 5. The highest BCUT2D eigenvalue weighted by molar-refractivity contribution is 5.73. The van der Waals surface area contributed by atoms with E-state index in [1.165, 1.54) is 12.0 Å². The van der Waals surface area contributed by atoms with E-state index in [0.29, 0.717) is 0 Å². The SMILES string of the molecule is COc1ccc([C@@]23CCC(OC(=O)C4CCCCC4)=C[C@@H]2N(C)CC3)cc1OC. The normalized spacial score (nSPS) is 27.8. The van der Waals surface area contributed by atoms with Gasteiger partial charge in [0.1, 0.15) is 5.76 Å². The molecule has 1 heterocycles. The summed E-state index contributed by atoms with van der Waals surface area (Å²) < 4.78 is 16.9. The van der Waals surface area contributed by atoms with Crippen LogP contribution >= 0.6 is 0 Å². The topological polar surface area (TPSA) is 48.0 Å². The molecule has 2 atom stereocenters. The minimum absolute atomic E-state index is 0.0183. The van der Waals surface area contributed by atoms with Gasteiger partial charge < -0.3 is 14.2 Å². The third-order valence-electron chi connectivity index (χ3n) is 7.24. The number of ether oxygens (including phenoxy) is 3. The number of benzene rings is 1. The Morgan fingerprint density at radius 3 is 2.55 bits per heavy atom. The molecular formula is C24H33NO4. The van der Waals surface area contributed by atoms with Crippen molar-refractivity contribution in [1.29, 1.82) is 0 Å². The van der Waals surface area contributed by atoms with Crippen LogP contribution in [-0.4, -0.2) is 44.7 Å². The molecule has 29 heavy (non-hydrogen) atoms. The summed E-state index contributed by atoms with van der Waals surface area (Å²) >= 11 is 0. The second-order valence-electron chi connectivity index (χ2n) is 8.79. The second-order valence-corrected chi connectivity index (χ2v) is 8.79. The molecule has 4 rings (SSSR count). The number of carbonyl (C=O) groups is 1. The monoisotopic (exact) mass is 399 g/mol. The number of nitrogens with zero attached hydrogens (tertiary/aromatic N) is 1. The Balaban J connectivity index is 1.57. The maximum atomic E-state index is 12.6.